The molecule has 0 radical (unpaired) electrons. The fourth-order valence-corrected chi connectivity index (χ4v) is 3.62. The van der Waals surface area contributed by atoms with Gasteiger partial charge in [-0.05, 0) is 50.2 Å². The van der Waals surface area contributed by atoms with Crippen molar-refractivity contribution in [2.75, 3.05) is 25.5 Å². The summed E-state index contributed by atoms with van der Waals surface area (Å²) in [6.45, 7) is 4.66. The van der Waals surface area contributed by atoms with Crippen molar-refractivity contribution in [2.24, 2.45) is 0 Å². The smallest absolute Gasteiger partial charge is 0.251 e. The summed E-state index contributed by atoms with van der Waals surface area (Å²) in [6, 6.07) is 14.5. The summed E-state index contributed by atoms with van der Waals surface area (Å²) >= 11 is 6.16. The molecule has 2 N–H and O–H groups in total. The number of methoxy groups -OCH3 is 1. The first kappa shape index (κ1) is 21.6. The van der Waals surface area contributed by atoms with Crippen molar-refractivity contribution in [3.63, 3.8) is 0 Å². The lowest BCUT2D eigenvalue weighted by atomic mass is 10.2. The molecule has 0 atom stereocenters. The number of halogens is 1. The van der Waals surface area contributed by atoms with Crippen LogP contribution in [0.5, 0.6) is 5.75 Å². The number of nitrogens with zero attached hydrogens (tertiary/aromatic N) is 4. The van der Waals surface area contributed by atoms with Gasteiger partial charge in [-0.25, -0.2) is 14.6 Å². The molecule has 0 saturated carbocycles. The first-order valence-corrected chi connectivity index (χ1v) is 10.5. The molecule has 1 amide bonds. The van der Waals surface area contributed by atoms with E-state index in [-0.39, 0.29) is 5.91 Å². The molecule has 2 heterocycles. The van der Waals surface area contributed by atoms with E-state index in [0.717, 1.165) is 16.8 Å². The molecule has 0 aliphatic carbocycles. The Morgan fingerprint density at radius 2 is 1.91 bits per heavy atom. The van der Waals surface area contributed by atoms with Gasteiger partial charge in [0.05, 0.1) is 23.9 Å². The number of fused-ring (bicyclic) bond motifs is 1. The quantitative estimate of drug-likeness (QED) is 0.414. The molecule has 0 fully saturated rings. The van der Waals surface area contributed by atoms with Gasteiger partial charge in [0.15, 0.2) is 5.65 Å². The number of carbonyl (C=O) groups excluding carboxylic acids is 1. The zero-order chi connectivity index (χ0) is 22.7. The Kier molecular flexibility index (Phi) is 6.23. The molecular formula is C23H23ClN6O2. The second kappa shape index (κ2) is 9.23. The monoisotopic (exact) mass is 450 g/mol. The third kappa shape index (κ3) is 4.50. The van der Waals surface area contributed by atoms with Gasteiger partial charge < -0.3 is 15.4 Å². The van der Waals surface area contributed by atoms with E-state index in [2.05, 4.69) is 25.7 Å². The van der Waals surface area contributed by atoms with Gasteiger partial charge >= 0.3 is 0 Å². The van der Waals surface area contributed by atoms with Gasteiger partial charge in [0.2, 0.25) is 0 Å². The highest BCUT2D eigenvalue weighted by Crippen LogP contribution is 2.27. The number of hydrogen-bond donors (Lipinski definition) is 2. The third-order valence-corrected chi connectivity index (χ3v) is 5.14. The number of amides is 1. The number of rotatable bonds is 7. The number of benzene rings is 2. The predicted octanol–water partition coefficient (Wildman–Crippen LogP) is 3.94. The molecule has 0 aliphatic rings. The van der Waals surface area contributed by atoms with Crippen LogP contribution in [-0.4, -0.2) is 45.9 Å². The van der Waals surface area contributed by atoms with Gasteiger partial charge in [-0.2, -0.15) is 5.10 Å². The van der Waals surface area contributed by atoms with Crippen LogP contribution in [0.25, 0.3) is 16.7 Å². The first-order valence-electron chi connectivity index (χ1n) is 10.1. The normalized spacial score (nSPS) is 10.9. The van der Waals surface area contributed by atoms with Crippen molar-refractivity contribution in [1.82, 2.24) is 25.1 Å². The molecule has 0 aliphatic heterocycles. The lowest BCUT2D eigenvalue weighted by molar-refractivity contribution is 0.0955. The van der Waals surface area contributed by atoms with Crippen LogP contribution in [0.4, 0.5) is 5.82 Å². The van der Waals surface area contributed by atoms with Crippen LogP contribution in [0.1, 0.15) is 21.9 Å². The molecule has 0 bridgehead atoms. The van der Waals surface area contributed by atoms with Crippen molar-refractivity contribution in [3.05, 3.63) is 70.6 Å². The highest BCUT2D eigenvalue weighted by Gasteiger charge is 2.16. The summed E-state index contributed by atoms with van der Waals surface area (Å²) < 4.78 is 6.94. The molecule has 0 spiro atoms. The number of nitrogens with one attached hydrogen (secondary N) is 2. The molecule has 8 nitrogen and oxygen atoms in total. The van der Waals surface area contributed by atoms with E-state index in [9.17, 15) is 4.79 Å². The Morgan fingerprint density at radius 1 is 1.09 bits per heavy atom. The van der Waals surface area contributed by atoms with Crippen LogP contribution in [0, 0.1) is 13.8 Å². The van der Waals surface area contributed by atoms with Crippen molar-refractivity contribution >= 4 is 34.4 Å². The van der Waals surface area contributed by atoms with E-state index >= 15 is 0 Å². The molecule has 9 heteroatoms. The van der Waals surface area contributed by atoms with E-state index in [1.165, 1.54) is 0 Å². The largest absolute Gasteiger partial charge is 0.497 e. The van der Waals surface area contributed by atoms with Crippen molar-refractivity contribution < 1.29 is 9.53 Å². The summed E-state index contributed by atoms with van der Waals surface area (Å²) in [5.74, 6) is 1.76. The molecule has 2 aromatic carbocycles. The maximum atomic E-state index is 12.4. The number of hydrogen-bond acceptors (Lipinski definition) is 6. The molecule has 4 aromatic rings. The molecule has 164 valence electrons. The first-order chi connectivity index (χ1) is 15.5. The van der Waals surface area contributed by atoms with Crippen LogP contribution in [-0.2, 0) is 0 Å². The maximum Gasteiger partial charge on any atom is 0.251 e. The van der Waals surface area contributed by atoms with Gasteiger partial charge in [-0.15, -0.1) is 0 Å². The molecule has 4 rings (SSSR count). The van der Waals surface area contributed by atoms with Crippen molar-refractivity contribution in [3.8, 4) is 11.4 Å². The summed E-state index contributed by atoms with van der Waals surface area (Å²) in [5.41, 5.74) is 2.86. The third-order valence-electron chi connectivity index (χ3n) is 4.90. The Labute approximate surface area is 190 Å². The topological polar surface area (TPSA) is 94.0 Å². The molecule has 0 saturated heterocycles. The highest BCUT2D eigenvalue weighted by atomic mass is 35.5. The summed E-state index contributed by atoms with van der Waals surface area (Å²) in [5, 5.41) is 12.3. The lowest BCUT2D eigenvalue weighted by Crippen LogP contribution is -2.29. The SMILES string of the molecule is COc1cccc(C(=O)NCCNc2nc(C)nc3c2c(C)nn3-c2cccc(Cl)c2)c1. The standard InChI is InChI=1S/C23H23ClN6O2/c1-14-20-21(25-10-11-26-23(31)16-6-4-9-19(12-16)32-3)27-15(2)28-22(20)30(29-14)18-8-5-7-17(24)13-18/h4-9,12-13H,10-11H2,1-3H3,(H,26,31)(H,25,27,28). The Balaban J connectivity index is 1.50. The van der Waals surface area contributed by atoms with E-state index in [0.29, 0.717) is 46.7 Å². The van der Waals surface area contributed by atoms with Gasteiger partial charge in [-0.3, -0.25) is 4.79 Å². The highest BCUT2D eigenvalue weighted by molar-refractivity contribution is 6.30. The van der Waals surface area contributed by atoms with Crippen LogP contribution in [0.2, 0.25) is 5.02 Å². The number of aryl methyl sites for hydroxylation is 2. The lowest BCUT2D eigenvalue weighted by Gasteiger charge is -2.10. The second-order valence-corrected chi connectivity index (χ2v) is 7.65. The number of aromatic nitrogens is 4. The fraction of sp³-hybridized carbons (Fsp3) is 0.217. The molecular weight excluding hydrogens is 428 g/mol. The van der Waals surface area contributed by atoms with Crippen molar-refractivity contribution in [1.29, 1.82) is 0 Å². The number of ether oxygens (including phenoxy) is 1. The van der Waals surface area contributed by atoms with Gasteiger partial charge in [-0.1, -0.05) is 23.7 Å². The maximum absolute atomic E-state index is 12.4. The van der Waals surface area contributed by atoms with E-state index in [1.807, 2.05) is 38.1 Å². The minimum absolute atomic E-state index is 0.167. The number of carbonyl (C=O) groups is 1. The minimum Gasteiger partial charge on any atom is -0.497 e. The molecule has 0 unspecified atom stereocenters. The van der Waals surface area contributed by atoms with Crippen LogP contribution < -0.4 is 15.4 Å². The van der Waals surface area contributed by atoms with Crippen LogP contribution in [0.15, 0.2) is 48.5 Å². The Hall–Kier alpha value is -3.65. The predicted molar refractivity (Wildman–Crippen MR) is 125 cm³/mol. The summed E-state index contributed by atoms with van der Waals surface area (Å²) in [4.78, 5) is 21.5. The fourth-order valence-electron chi connectivity index (χ4n) is 3.43. The van der Waals surface area contributed by atoms with Crippen LogP contribution >= 0.6 is 11.6 Å². The summed E-state index contributed by atoms with van der Waals surface area (Å²) in [7, 11) is 1.57. The number of anilines is 1. The summed E-state index contributed by atoms with van der Waals surface area (Å²) in [6.07, 6.45) is 0. The average molecular weight is 451 g/mol. The Bertz CT molecular complexity index is 1290. The van der Waals surface area contributed by atoms with Crippen LogP contribution in [0.3, 0.4) is 0 Å². The zero-order valence-corrected chi connectivity index (χ0v) is 18.8. The minimum atomic E-state index is -0.167. The van der Waals surface area contributed by atoms with E-state index in [4.69, 9.17) is 16.3 Å². The van der Waals surface area contributed by atoms with E-state index < -0.39 is 0 Å². The average Bonchev–Trinajstić information content (AvgIpc) is 3.12. The molecule has 32 heavy (non-hydrogen) atoms. The Morgan fingerprint density at radius 3 is 2.69 bits per heavy atom. The molecule has 2 aromatic heterocycles. The van der Waals surface area contributed by atoms with E-state index in [1.54, 1.807) is 36.1 Å². The van der Waals surface area contributed by atoms with Crippen molar-refractivity contribution in [2.45, 2.75) is 13.8 Å². The van der Waals surface area contributed by atoms with Gasteiger partial charge in [0.1, 0.15) is 17.4 Å². The van der Waals surface area contributed by atoms with Gasteiger partial charge in [0.25, 0.3) is 5.91 Å². The second-order valence-electron chi connectivity index (χ2n) is 7.21. The van der Waals surface area contributed by atoms with Gasteiger partial charge in [0, 0.05) is 23.7 Å². The zero-order valence-electron chi connectivity index (χ0n) is 18.0.